The monoisotopic (exact) mass is 369 g/mol. The number of hydrogen-bond acceptors (Lipinski definition) is 3. The molecule has 0 fully saturated rings. The molecule has 0 saturated carbocycles. The van der Waals surface area contributed by atoms with Gasteiger partial charge in [-0.3, -0.25) is 0 Å². The third kappa shape index (κ3) is 3.79. The summed E-state index contributed by atoms with van der Waals surface area (Å²) in [5.41, 5.74) is 1.98. The van der Waals surface area contributed by atoms with Crippen molar-refractivity contribution in [1.82, 2.24) is 30.4 Å². The van der Waals surface area contributed by atoms with Gasteiger partial charge in [0.25, 0.3) is 0 Å². The van der Waals surface area contributed by atoms with Gasteiger partial charge >= 0.3 is 0 Å². The predicted molar refractivity (Wildman–Crippen MR) is 103 cm³/mol. The van der Waals surface area contributed by atoms with Crippen molar-refractivity contribution in [3.8, 4) is 0 Å². The van der Waals surface area contributed by atoms with Crippen LogP contribution in [0.25, 0.3) is 10.9 Å². The van der Waals surface area contributed by atoms with E-state index in [2.05, 4.69) is 35.4 Å². The number of guanidine groups is 1. The fraction of sp³-hybridized carbons (Fsp3) is 0.421. The molecule has 142 valence electrons. The standard InChI is InChI=1S/C19H24FN7/c1-2-21-19(24-12-18-26-25-17-4-3-9-27(17)18)22-8-7-13-11-23-16-10-14(20)5-6-15(13)16/h5-6,10-11,23H,2-4,7-9,12H2,1H3,(H2,21,22,24). The highest BCUT2D eigenvalue weighted by Crippen LogP contribution is 2.19. The summed E-state index contributed by atoms with van der Waals surface area (Å²) in [6.07, 6.45) is 4.89. The molecule has 0 bridgehead atoms. The second kappa shape index (κ2) is 7.77. The van der Waals surface area contributed by atoms with Crippen LogP contribution in [0.15, 0.2) is 29.4 Å². The highest BCUT2D eigenvalue weighted by Gasteiger charge is 2.16. The van der Waals surface area contributed by atoms with Crippen LogP contribution in [0.5, 0.6) is 0 Å². The summed E-state index contributed by atoms with van der Waals surface area (Å²) in [7, 11) is 0. The van der Waals surface area contributed by atoms with E-state index in [4.69, 9.17) is 0 Å². The number of nitrogens with one attached hydrogen (secondary N) is 3. The van der Waals surface area contributed by atoms with Gasteiger partial charge in [0.1, 0.15) is 18.2 Å². The smallest absolute Gasteiger partial charge is 0.191 e. The average molecular weight is 369 g/mol. The van der Waals surface area contributed by atoms with Gasteiger partial charge in [-0.05, 0) is 43.5 Å². The van der Waals surface area contributed by atoms with Crippen molar-refractivity contribution in [1.29, 1.82) is 0 Å². The molecule has 8 heteroatoms. The summed E-state index contributed by atoms with van der Waals surface area (Å²) in [4.78, 5) is 7.77. The Balaban J connectivity index is 1.37. The van der Waals surface area contributed by atoms with Crippen LogP contribution in [0.2, 0.25) is 0 Å². The summed E-state index contributed by atoms with van der Waals surface area (Å²) in [6, 6.07) is 4.84. The highest BCUT2D eigenvalue weighted by molar-refractivity contribution is 5.83. The molecule has 0 spiro atoms. The van der Waals surface area contributed by atoms with Crippen LogP contribution >= 0.6 is 0 Å². The molecule has 3 aromatic rings. The highest BCUT2D eigenvalue weighted by atomic mass is 19.1. The van der Waals surface area contributed by atoms with Crippen LogP contribution in [-0.2, 0) is 25.9 Å². The maximum atomic E-state index is 13.3. The number of benzene rings is 1. The Kier molecular flexibility index (Phi) is 5.04. The molecule has 3 N–H and O–H groups in total. The third-order valence-electron chi connectivity index (χ3n) is 4.83. The minimum Gasteiger partial charge on any atom is -0.361 e. The van der Waals surface area contributed by atoms with E-state index < -0.39 is 0 Å². The zero-order valence-corrected chi connectivity index (χ0v) is 15.4. The maximum Gasteiger partial charge on any atom is 0.191 e. The summed E-state index contributed by atoms with van der Waals surface area (Å²) >= 11 is 0. The van der Waals surface area contributed by atoms with Crippen LogP contribution in [-0.4, -0.2) is 38.8 Å². The van der Waals surface area contributed by atoms with Crippen LogP contribution in [0.3, 0.4) is 0 Å². The number of rotatable bonds is 6. The van der Waals surface area contributed by atoms with Crippen LogP contribution in [0, 0.1) is 5.82 Å². The van der Waals surface area contributed by atoms with Crippen LogP contribution < -0.4 is 10.6 Å². The quantitative estimate of drug-likeness (QED) is 0.459. The van der Waals surface area contributed by atoms with Gasteiger partial charge in [0.15, 0.2) is 11.8 Å². The molecule has 0 aliphatic carbocycles. The molecule has 0 saturated heterocycles. The van der Waals surface area contributed by atoms with E-state index in [0.29, 0.717) is 6.54 Å². The largest absolute Gasteiger partial charge is 0.361 e. The lowest BCUT2D eigenvalue weighted by Gasteiger charge is -2.11. The number of aryl methyl sites for hydroxylation is 1. The minimum atomic E-state index is -0.226. The fourth-order valence-electron chi connectivity index (χ4n) is 3.50. The lowest BCUT2D eigenvalue weighted by molar-refractivity contribution is 0.629. The van der Waals surface area contributed by atoms with E-state index in [-0.39, 0.29) is 5.82 Å². The number of nitrogens with zero attached hydrogens (tertiary/aromatic N) is 4. The predicted octanol–water partition coefficient (Wildman–Crippen LogP) is 2.14. The van der Waals surface area contributed by atoms with Crippen LogP contribution in [0.4, 0.5) is 4.39 Å². The summed E-state index contributed by atoms with van der Waals surface area (Å²) in [6.45, 7) is 5.05. The van der Waals surface area contributed by atoms with E-state index in [1.807, 2.05) is 19.2 Å². The van der Waals surface area contributed by atoms with Gasteiger partial charge in [0, 0.05) is 43.2 Å². The summed E-state index contributed by atoms with van der Waals surface area (Å²) in [5, 5.41) is 16.1. The third-order valence-corrected chi connectivity index (χ3v) is 4.83. The minimum absolute atomic E-state index is 0.226. The maximum absolute atomic E-state index is 13.3. The van der Waals surface area contributed by atoms with Crippen molar-refractivity contribution in [2.24, 2.45) is 4.99 Å². The molecule has 1 aliphatic heterocycles. The first-order valence-electron chi connectivity index (χ1n) is 9.43. The zero-order valence-electron chi connectivity index (χ0n) is 15.4. The Labute approximate surface area is 157 Å². The Hall–Kier alpha value is -2.90. The molecule has 0 atom stereocenters. The molecule has 1 aromatic carbocycles. The van der Waals surface area contributed by atoms with Crippen molar-refractivity contribution >= 4 is 16.9 Å². The lowest BCUT2D eigenvalue weighted by atomic mass is 10.1. The number of aromatic amines is 1. The molecule has 2 aromatic heterocycles. The SMILES string of the molecule is CCNC(=NCc1nnc2n1CCC2)NCCc1c[nH]c2cc(F)ccc12. The number of hydrogen-bond donors (Lipinski definition) is 3. The molecule has 27 heavy (non-hydrogen) atoms. The molecular formula is C19H24FN7. The van der Waals surface area contributed by atoms with Gasteiger partial charge in [-0.25, -0.2) is 9.38 Å². The van der Waals surface area contributed by atoms with E-state index in [0.717, 1.165) is 73.0 Å². The van der Waals surface area contributed by atoms with Crippen molar-refractivity contribution in [3.05, 3.63) is 47.4 Å². The van der Waals surface area contributed by atoms with Crippen molar-refractivity contribution in [3.63, 3.8) is 0 Å². The van der Waals surface area contributed by atoms with Crippen molar-refractivity contribution < 1.29 is 4.39 Å². The number of fused-ring (bicyclic) bond motifs is 2. The number of H-pyrrole nitrogens is 1. The normalized spacial score (nSPS) is 13.9. The first kappa shape index (κ1) is 17.5. The van der Waals surface area contributed by atoms with Crippen LogP contribution in [0.1, 0.15) is 30.6 Å². The molecule has 7 nitrogen and oxygen atoms in total. The molecular weight excluding hydrogens is 345 g/mol. The van der Waals surface area contributed by atoms with Gasteiger partial charge in [0.2, 0.25) is 0 Å². The number of aromatic nitrogens is 4. The average Bonchev–Trinajstić information content (AvgIpc) is 3.36. The van der Waals surface area contributed by atoms with Crippen molar-refractivity contribution in [2.45, 2.75) is 39.3 Å². The second-order valence-corrected chi connectivity index (χ2v) is 6.66. The number of aliphatic imine (C=N–C) groups is 1. The Morgan fingerprint density at radius 2 is 2.26 bits per heavy atom. The molecule has 0 radical (unpaired) electrons. The van der Waals surface area contributed by atoms with Gasteiger partial charge in [-0.1, -0.05) is 0 Å². The first-order valence-corrected chi connectivity index (χ1v) is 9.43. The second-order valence-electron chi connectivity index (χ2n) is 6.66. The first-order chi connectivity index (χ1) is 13.2. The lowest BCUT2D eigenvalue weighted by Crippen LogP contribution is -2.38. The van der Waals surface area contributed by atoms with Crippen molar-refractivity contribution in [2.75, 3.05) is 13.1 Å². The van der Waals surface area contributed by atoms with E-state index in [9.17, 15) is 4.39 Å². The summed E-state index contributed by atoms with van der Waals surface area (Å²) < 4.78 is 15.5. The topological polar surface area (TPSA) is 82.9 Å². The molecule has 1 aliphatic rings. The Morgan fingerprint density at radius 3 is 3.15 bits per heavy atom. The number of halogens is 1. The van der Waals surface area contributed by atoms with E-state index >= 15 is 0 Å². The van der Waals surface area contributed by atoms with Gasteiger partial charge in [-0.2, -0.15) is 0 Å². The fourth-order valence-corrected chi connectivity index (χ4v) is 3.50. The van der Waals surface area contributed by atoms with Gasteiger partial charge < -0.3 is 20.2 Å². The molecule has 4 rings (SSSR count). The van der Waals surface area contributed by atoms with E-state index in [1.165, 1.54) is 12.1 Å². The molecule has 0 unspecified atom stereocenters. The van der Waals surface area contributed by atoms with E-state index in [1.54, 1.807) is 0 Å². The zero-order chi connectivity index (χ0) is 18.6. The van der Waals surface area contributed by atoms with Gasteiger partial charge in [0.05, 0.1) is 0 Å². The molecule has 0 amide bonds. The Bertz CT molecular complexity index is 956. The summed E-state index contributed by atoms with van der Waals surface area (Å²) in [5.74, 6) is 2.52. The molecule has 3 heterocycles. The van der Waals surface area contributed by atoms with Gasteiger partial charge in [-0.15, -0.1) is 10.2 Å². The Morgan fingerprint density at radius 1 is 1.33 bits per heavy atom.